The number of nitrogens with one attached hydrogen (secondary N) is 1. The number of hydrogen-bond acceptors (Lipinski definition) is 4. The Labute approximate surface area is 111 Å². The van der Waals surface area contributed by atoms with Gasteiger partial charge in [-0.3, -0.25) is 4.79 Å². The Morgan fingerprint density at radius 3 is 2.39 bits per heavy atom. The maximum atomic E-state index is 11.8. The van der Waals surface area contributed by atoms with E-state index >= 15 is 0 Å². The van der Waals surface area contributed by atoms with Crippen LogP contribution in [0.2, 0.25) is 0 Å². The van der Waals surface area contributed by atoms with Gasteiger partial charge in [0.05, 0.1) is 7.11 Å². The minimum absolute atomic E-state index is 0.106. The first-order valence-corrected chi connectivity index (χ1v) is 6.92. The molecule has 1 aliphatic carbocycles. The fraction of sp³-hybridized carbons (Fsp3) is 0.929. The van der Waals surface area contributed by atoms with E-state index in [9.17, 15) is 4.79 Å². The van der Waals surface area contributed by atoms with Crippen molar-refractivity contribution < 1.29 is 9.53 Å². The van der Waals surface area contributed by atoms with Crippen LogP contribution in [0.1, 0.15) is 33.1 Å². The molecule has 2 unspecified atom stereocenters. The number of carbonyl (C=O) groups is 1. The number of hydrogen-bond donors (Lipinski definition) is 1. The van der Waals surface area contributed by atoms with E-state index in [2.05, 4.69) is 38.2 Å². The Balaban J connectivity index is 2.57. The predicted molar refractivity (Wildman–Crippen MR) is 73.5 cm³/mol. The lowest BCUT2D eigenvalue weighted by molar-refractivity contribution is -0.144. The van der Waals surface area contributed by atoms with Gasteiger partial charge in [0.2, 0.25) is 0 Å². The van der Waals surface area contributed by atoms with E-state index in [1.54, 1.807) is 0 Å². The minimum Gasteiger partial charge on any atom is -0.468 e. The molecule has 1 N–H and O–H groups in total. The second-order valence-corrected chi connectivity index (χ2v) is 6.09. The normalized spacial score (nSPS) is 19.1. The Morgan fingerprint density at radius 1 is 1.39 bits per heavy atom. The van der Waals surface area contributed by atoms with E-state index in [0.29, 0.717) is 17.9 Å². The van der Waals surface area contributed by atoms with Crippen LogP contribution in [0.3, 0.4) is 0 Å². The molecule has 0 radical (unpaired) electrons. The summed E-state index contributed by atoms with van der Waals surface area (Å²) in [6.45, 7) is 5.39. The maximum absolute atomic E-state index is 11.8. The fourth-order valence-corrected chi connectivity index (χ4v) is 2.41. The maximum Gasteiger partial charge on any atom is 0.323 e. The molecule has 2 atom stereocenters. The highest BCUT2D eigenvalue weighted by Crippen LogP contribution is 2.33. The third-order valence-electron chi connectivity index (χ3n) is 3.31. The van der Waals surface area contributed by atoms with Crippen molar-refractivity contribution in [2.45, 2.75) is 45.2 Å². The molecule has 1 fully saturated rings. The van der Waals surface area contributed by atoms with Crippen molar-refractivity contribution in [2.24, 2.45) is 11.8 Å². The molecule has 0 saturated heterocycles. The van der Waals surface area contributed by atoms with Crippen molar-refractivity contribution in [1.29, 1.82) is 0 Å². The summed E-state index contributed by atoms with van der Waals surface area (Å²) in [5.41, 5.74) is 0. The number of esters is 1. The highest BCUT2D eigenvalue weighted by atomic mass is 16.5. The summed E-state index contributed by atoms with van der Waals surface area (Å²) < 4.78 is 4.91. The van der Waals surface area contributed by atoms with Gasteiger partial charge in [0.25, 0.3) is 0 Å². The molecule has 0 aromatic carbocycles. The first-order valence-electron chi connectivity index (χ1n) is 6.92. The van der Waals surface area contributed by atoms with E-state index in [0.717, 1.165) is 25.8 Å². The van der Waals surface area contributed by atoms with Gasteiger partial charge in [-0.1, -0.05) is 13.8 Å². The molecule has 18 heavy (non-hydrogen) atoms. The standard InChI is InChI=1S/C14H28N2O2/c1-10(2)8-12(9-16(3)4)15-13(11-6-7-11)14(17)18-5/h10-13,15H,6-9H2,1-5H3. The van der Waals surface area contributed by atoms with Crippen LogP contribution < -0.4 is 5.32 Å². The number of carbonyl (C=O) groups excluding carboxylic acids is 1. The van der Waals surface area contributed by atoms with Gasteiger partial charge in [-0.2, -0.15) is 0 Å². The lowest BCUT2D eigenvalue weighted by Crippen LogP contribution is -2.49. The Morgan fingerprint density at radius 2 is 2.00 bits per heavy atom. The molecule has 0 aromatic rings. The summed E-state index contributed by atoms with van der Waals surface area (Å²) in [7, 11) is 5.61. The minimum atomic E-state index is -0.112. The SMILES string of the molecule is COC(=O)C(NC(CC(C)C)CN(C)C)C1CC1. The van der Waals surface area contributed by atoms with Crippen LogP contribution in [0.25, 0.3) is 0 Å². The van der Waals surface area contributed by atoms with Crippen molar-refractivity contribution in [1.82, 2.24) is 10.2 Å². The van der Waals surface area contributed by atoms with Crippen LogP contribution in [0, 0.1) is 11.8 Å². The molecule has 4 heteroatoms. The molecule has 0 bridgehead atoms. The van der Waals surface area contributed by atoms with Gasteiger partial charge >= 0.3 is 5.97 Å². The van der Waals surface area contributed by atoms with E-state index < -0.39 is 0 Å². The molecule has 4 nitrogen and oxygen atoms in total. The zero-order valence-electron chi connectivity index (χ0n) is 12.4. The topological polar surface area (TPSA) is 41.6 Å². The Hall–Kier alpha value is -0.610. The molecule has 0 aliphatic heterocycles. The van der Waals surface area contributed by atoms with Crippen LogP contribution in [0.5, 0.6) is 0 Å². The van der Waals surface area contributed by atoms with Crippen LogP contribution >= 0.6 is 0 Å². The molecular formula is C14H28N2O2. The Bertz CT molecular complexity index is 253. The van der Waals surface area contributed by atoms with Gasteiger partial charge < -0.3 is 15.0 Å². The molecule has 106 valence electrons. The predicted octanol–water partition coefficient (Wildman–Crippen LogP) is 1.50. The number of methoxy groups -OCH3 is 1. The van der Waals surface area contributed by atoms with Crippen molar-refractivity contribution in [2.75, 3.05) is 27.7 Å². The van der Waals surface area contributed by atoms with Gasteiger partial charge in [-0.15, -0.1) is 0 Å². The van der Waals surface area contributed by atoms with Gasteiger partial charge in [0.1, 0.15) is 6.04 Å². The van der Waals surface area contributed by atoms with Gasteiger partial charge in [-0.05, 0) is 45.2 Å². The number of rotatable bonds is 8. The van der Waals surface area contributed by atoms with E-state index in [1.807, 2.05) is 0 Å². The van der Waals surface area contributed by atoms with Crippen LogP contribution in [-0.4, -0.2) is 50.7 Å². The quantitative estimate of drug-likeness (QED) is 0.668. The lowest BCUT2D eigenvalue weighted by Gasteiger charge is -2.28. The lowest BCUT2D eigenvalue weighted by atomic mass is 10.0. The third-order valence-corrected chi connectivity index (χ3v) is 3.31. The number of likely N-dealkylation sites (N-methyl/N-ethyl adjacent to an activating group) is 1. The highest BCUT2D eigenvalue weighted by molar-refractivity contribution is 5.76. The third kappa shape index (κ3) is 5.36. The van der Waals surface area contributed by atoms with E-state index in [-0.39, 0.29) is 12.0 Å². The molecule has 0 amide bonds. The highest BCUT2D eigenvalue weighted by Gasteiger charge is 2.38. The average Bonchev–Trinajstić information content (AvgIpc) is 3.06. The number of ether oxygens (including phenoxy) is 1. The summed E-state index contributed by atoms with van der Waals surface area (Å²) in [5.74, 6) is 0.999. The van der Waals surface area contributed by atoms with Gasteiger partial charge in [0.15, 0.2) is 0 Å². The second kappa shape index (κ2) is 7.10. The van der Waals surface area contributed by atoms with Crippen molar-refractivity contribution in [3.8, 4) is 0 Å². The molecule has 0 heterocycles. The van der Waals surface area contributed by atoms with Crippen molar-refractivity contribution >= 4 is 5.97 Å². The first kappa shape index (κ1) is 15.4. The molecule has 0 spiro atoms. The second-order valence-electron chi connectivity index (χ2n) is 6.09. The van der Waals surface area contributed by atoms with Gasteiger partial charge in [-0.25, -0.2) is 0 Å². The summed E-state index contributed by atoms with van der Waals surface area (Å²) in [5, 5.41) is 3.51. The molecule has 1 aliphatic rings. The number of nitrogens with zero attached hydrogens (tertiary/aromatic N) is 1. The van der Waals surface area contributed by atoms with Crippen molar-refractivity contribution in [3.63, 3.8) is 0 Å². The Kier molecular flexibility index (Phi) is 6.09. The van der Waals surface area contributed by atoms with Crippen LogP contribution in [0.4, 0.5) is 0 Å². The zero-order valence-corrected chi connectivity index (χ0v) is 12.4. The summed E-state index contributed by atoms with van der Waals surface area (Å²) in [6.07, 6.45) is 3.37. The average molecular weight is 256 g/mol. The van der Waals surface area contributed by atoms with Crippen LogP contribution in [-0.2, 0) is 9.53 Å². The molecule has 0 aromatic heterocycles. The van der Waals surface area contributed by atoms with Crippen LogP contribution in [0.15, 0.2) is 0 Å². The fourth-order valence-electron chi connectivity index (χ4n) is 2.41. The summed E-state index contributed by atoms with van der Waals surface area (Å²) in [6, 6.07) is 0.239. The smallest absolute Gasteiger partial charge is 0.323 e. The molecular weight excluding hydrogens is 228 g/mol. The largest absolute Gasteiger partial charge is 0.468 e. The molecule has 1 saturated carbocycles. The van der Waals surface area contributed by atoms with Gasteiger partial charge in [0, 0.05) is 12.6 Å². The summed E-state index contributed by atoms with van der Waals surface area (Å²) >= 11 is 0. The summed E-state index contributed by atoms with van der Waals surface area (Å²) in [4.78, 5) is 14.0. The monoisotopic (exact) mass is 256 g/mol. The van der Waals surface area contributed by atoms with E-state index in [1.165, 1.54) is 7.11 Å². The zero-order chi connectivity index (χ0) is 13.7. The van der Waals surface area contributed by atoms with Crippen molar-refractivity contribution in [3.05, 3.63) is 0 Å². The van der Waals surface area contributed by atoms with E-state index in [4.69, 9.17) is 4.74 Å². The first-order chi connectivity index (χ1) is 8.43. The molecule has 1 rings (SSSR count).